The van der Waals surface area contributed by atoms with Crippen LogP contribution in [0, 0.1) is 0 Å². The van der Waals surface area contributed by atoms with Crippen molar-refractivity contribution in [3.05, 3.63) is 28.8 Å². The third-order valence-corrected chi connectivity index (χ3v) is 4.38. The molecule has 2 aliphatic rings. The maximum Gasteiger partial charge on any atom is 0.163 e. The zero-order valence-corrected chi connectivity index (χ0v) is 11.4. The second-order valence-corrected chi connectivity index (χ2v) is 6.22. The second-order valence-electron chi connectivity index (χ2n) is 6.22. The Morgan fingerprint density at radius 3 is 2.61 bits per heavy atom. The molecule has 18 heavy (non-hydrogen) atoms. The average Bonchev–Trinajstić information content (AvgIpc) is 3.17. The summed E-state index contributed by atoms with van der Waals surface area (Å²) < 4.78 is 5.42. The fraction of sp³-hybridized carbons (Fsp3) is 0.562. The molecule has 3 rings (SSSR count). The molecule has 1 aromatic rings. The molecular weight excluding hydrogens is 224 g/mol. The van der Waals surface area contributed by atoms with Crippen LogP contribution in [-0.2, 0) is 5.41 Å². The minimum atomic E-state index is 0.0847. The molecule has 1 aromatic carbocycles. The summed E-state index contributed by atoms with van der Waals surface area (Å²) in [5.74, 6) is 1.82. The molecule has 2 heteroatoms. The maximum atomic E-state index is 12.3. The van der Waals surface area contributed by atoms with Gasteiger partial charge in [0.05, 0.1) is 7.11 Å². The number of Topliss-reactive ketones (excluding diaryl/α,β-unsaturated/α-hetero) is 1. The van der Waals surface area contributed by atoms with E-state index in [0.717, 1.165) is 17.7 Å². The van der Waals surface area contributed by atoms with E-state index in [9.17, 15) is 4.79 Å². The number of carbonyl (C=O) groups is 1. The van der Waals surface area contributed by atoms with Crippen molar-refractivity contribution in [2.24, 2.45) is 0 Å². The van der Waals surface area contributed by atoms with Crippen LogP contribution in [0.5, 0.6) is 5.75 Å². The topological polar surface area (TPSA) is 26.3 Å². The summed E-state index contributed by atoms with van der Waals surface area (Å²) in [5.41, 5.74) is 3.53. The summed E-state index contributed by atoms with van der Waals surface area (Å²) in [4.78, 5) is 12.3. The van der Waals surface area contributed by atoms with Gasteiger partial charge in [-0.3, -0.25) is 4.79 Å². The molecule has 2 nitrogen and oxygen atoms in total. The van der Waals surface area contributed by atoms with Gasteiger partial charge in [-0.05, 0) is 53.9 Å². The molecule has 96 valence electrons. The molecule has 0 aromatic heterocycles. The first-order valence-electron chi connectivity index (χ1n) is 6.78. The van der Waals surface area contributed by atoms with Gasteiger partial charge in [-0.1, -0.05) is 13.8 Å². The van der Waals surface area contributed by atoms with Crippen LogP contribution in [0.4, 0.5) is 0 Å². The molecule has 0 radical (unpaired) electrons. The number of ether oxygens (including phenoxy) is 1. The van der Waals surface area contributed by atoms with Crippen LogP contribution in [0.25, 0.3) is 0 Å². The number of ketones is 1. The summed E-state index contributed by atoms with van der Waals surface area (Å²) in [6.45, 7) is 4.46. The van der Waals surface area contributed by atoms with E-state index in [0.29, 0.717) is 18.1 Å². The monoisotopic (exact) mass is 244 g/mol. The van der Waals surface area contributed by atoms with E-state index in [-0.39, 0.29) is 5.41 Å². The lowest BCUT2D eigenvalue weighted by Gasteiger charge is -2.33. The second kappa shape index (κ2) is 3.84. The quantitative estimate of drug-likeness (QED) is 0.790. The Labute approximate surface area is 108 Å². The van der Waals surface area contributed by atoms with Gasteiger partial charge in [-0.25, -0.2) is 0 Å². The van der Waals surface area contributed by atoms with Crippen molar-refractivity contribution in [1.29, 1.82) is 0 Å². The molecule has 0 aliphatic heterocycles. The van der Waals surface area contributed by atoms with Crippen LogP contribution < -0.4 is 4.74 Å². The van der Waals surface area contributed by atoms with Crippen molar-refractivity contribution in [2.75, 3.05) is 7.11 Å². The molecule has 0 N–H and O–H groups in total. The third-order valence-electron chi connectivity index (χ3n) is 4.38. The standard InChI is InChI=1S/C16H20O2/c1-16(2)7-6-14(17)15-12(10-4-5-10)8-11(18-3)9-13(15)16/h8-10H,4-7H2,1-3H3. The van der Waals surface area contributed by atoms with Gasteiger partial charge in [-0.2, -0.15) is 0 Å². The Bertz CT molecular complexity index is 510. The van der Waals surface area contributed by atoms with Gasteiger partial charge in [0.25, 0.3) is 0 Å². The summed E-state index contributed by atoms with van der Waals surface area (Å²) in [5, 5.41) is 0. The van der Waals surface area contributed by atoms with Gasteiger partial charge < -0.3 is 4.74 Å². The highest BCUT2D eigenvalue weighted by molar-refractivity contribution is 6.01. The SMILES string of the molecule is COc1cc(C2CC2)c2c(c1)C(C)(C)CCC2=O. The zero-order chi connectivity index (χ0) is 12.9. The Kier molecular flexibility index (Phi) is 2.51. The van der Waals surface area contributed by atoms with E-state index < -0.39 is 0 Å². The Hall–Kier alpha value is -1.31. The first-order valence-corrected chi connectivity index (χ1v) is 6.78. The first-order chi connectivity index (χ1) is 8.53. The van der Waals surface area contributed by atoms with Crippen LogP contribution in [0.3, 0.4) is 0 Å². The van der Waals surface area contributed by atoms with Crippen molar-refractivity contribution in [2.45, 2.75) is 50.9 Å². The third kappa shape index (κ3) is 1.75. The lowest BCUT2D eigenvalue weighted by atomic mass is 9.70. The maximum absolute atomic E-state index is 12.3. The van der Waals surface area contributed by atoms with Crippen molar-refractivity contribution < 1.29 is 9.53 Å². The zero-order valence-electron chi connectivity index (χ0n) is 11.4. The number of methoxy groups -OCH3 is 1. The molecule has 0 saturated heterocycles. The molecule has 0 heterocycles. The Morgan fingerprint density at radius 1 is 1.28 bits per heavy atom. The normalized spacial score (nSPS) is 21.6. The van der Waals surface area contributed by atoms with E-state index in [1.54, 1.807) is 7.11 Å². The van der Waals surface area contributed by atoms with Gasteiger partial charge in [0.2, 0.25) is 0 Å². The molecule has 0 spiro atoms. The van der Waals surface area contributed by atoms with E-state index in [2.05, 4.69) is 26.0 Å². The minimum absolute atomic E-state index is 0.0847. The van der Waals surface area contributed by atoms with Crippen molar-refractivity contribution >= 4 is 5.78 Å². The molecule has 0 atom stereocenters. The van der Waals surface area contributed by atoms with Gasteiger partial charge in [0.1, 0.15) is 5.75 Å². The van der Waals surface area contributed by atoms with Gasteiger partial charge in [0.15, 0.2) is 5.78 Å². The van der Waals surface area contributed by atoms with Crippen molar-refractivity contribution in [3.8, 4) is 5.75 Å². The van der Waals surface area contributed by atoms with E-state index in [1.807, 2.05) is 0 Å². The van der Waals surface area contributed by atoms with Crippen LogP contribution >= 0.6 is 0 Å². The lowest BCUT2D eigenvalue weighted by Crippen LogP contribution is -2.28. The van der Waals surface area contributed by atoms with Gasteiger partial charge in [-0.15, -0.1) is 0 Å². The predicted molar refractivity (Wildman–Crippen MR) is 71.6 cm³/mol. The van der Waals surface area contributed by atoms with E-state index in [1.165, 1.54) is 24.0 Å². The average molecular weight is 244 g/mol. The van der Waals surface area contributed by atoms with Crippen LogP contribution in [-0.4, -0.2) is 12.9 Å². The highest BCUT2D eigenvalue weighted by Gasteiger charge is 2.37. The first kappa shape index (κ1) is 11.8. The number of carbonyl (C=O) groups excluding carboxylic acids is 1. The predicted octanol–water partition coefficient (Wildman–Crippen LogP) is 3.83. The Balaban J connectivity index is 2.24. The van der Waals surface area contributed by atoms with Crippen molar-refractivity contribution in [1.82, 2.24) is 0 Å². The number of benzene rings is 1. The molecule has 2 aliphatic carbocycles. The minimum Gasteiger partial charge on any atom is -0.497 e. The van der Waals surface area contributed by atoms with Crippen LogP contribution in [0.15, 0.2) is 12.1 Å². The van der Waals surface area contributed by atoms with Gasteiger partial charge >= 0.3 is 0 Å². The van der Waals surface area contributed by atoms with Crippen LogP contribution in [0.2, 0.25) is 0 Å². The van der Waals surface area contributed by atoms with E-state index >= 15 is 0 Å². The smallest absolute Gasteiger partial charge is 0.163 e. The molecule has 0 amide bonds. The van der Waals surface area contributed by atoms with Crippen molar-refractivity contribution in [3.63, 3.8) is 0 Å². The lowest BCUT2D eigenvalue weighted by molar-refractivity contribution is 0.0955. The Morgan fingerprint density at radius 2 is 2.00 bits per heavy atom. The molecule has 1 saturated carbocycles. The summed E-state index contributed by atoms with van der Waals surface area (Å²) >= 11 is 0. The summed E-state index contributed by atoms with van der Waals surface area (Å²) in [6, 6.07) is 4.15. The highest BCUT2D eigenvalue weighted by Crippen LogP contribution is 2.48. The number of rotatable bonds is 2. The summed E-state index contributed by atoms with van der Waals surface area (Å²) in [6.07, 6.45) is 4.06. The fourth-order valence-corrected chi connectivity index (χ4v) is 3.00. The molecule has 0 unspecified atom stereocenters. The molecular formula is C16H20O2. The van der Waals surface area contributed by atoms with Crippen LogP contribution in [0.1, 0.15) is 66.9 Å². The fourth-order valence-electron chi connectivity index (χ4n) is 3.00. The molecule has 1 fully saturated rings. The largest absolute Gasteiger partial charge is 0.497 e. The van der Waals surface area contributed by atoms with Gasteiger partial charge in [0, 0.05) is 12.0 Å². The number of hydrogen-bond donors (Lipinski definition) is 0. The highest BCUT2D eigenvalue weighted by atomic mass is 16.5. The van der Waals surface area contributed by atoms with E-state index in [4.69, 9.17) is 4.74 Å². The summed E-state index contributed by atoms with van der Waals surface area (Å²) in [7, 11) is 1.70. The number of fused-ring (bicyclic) bond motifs is 1. The molecule has 0 bridgehead atoms. The number of hydrogen-bond acceptors (Lipinski definition) is 2.